The van der Waals surface area contributed by atoms with E-state index < -0.39 is 0 Å². The van der Waals surface area contributed by atoms with Crippen LogP contribution in [0.5, 0.6) is 0 Å². The summed E-state index contributed by atoms with van der Waals surface area (Å²) in [5.74, 6) is 0. The van der Waals surface area contributed by atoms with Crippen LogP contribution in [0.15, 0.2) is 85.2 Å². The smallest absolute Gasteiger partial charge is 0.0892 e. The van der Waals surface area contributed by atoms with Gasteiger partial charge in [0.1, 0.15) is 0 Å². The zero-order chi connectivity index (χ0) is 20.8. The Morgan fingerprint density at radius 3 is 1.23 bits per heavy atom. The molecule has 0 unspecified atom stereocenters. The van der Waals surface area contributed by atoms with Gasteiger partial charge in [-0.2, -0.15) is 0 Å². The van der Waals surface area contributed by atoms with Crippen LogP contribution in [0.3, 0.4) is 0 Å². The van der Waals surface area contributed by atoms with E-state index in [2.05, 4.69) is 22.1 Å². The lowest BCUT2D eigenvalue weighted by Gasteiger charge is -2.03. The van der Waals surface area contributed by atoms with Crippen LogP contribution in [-0.2, 0) is 0 Å². The van der Waals surface area contributed by atoms with Crippen molar-refractivity contribution in [3.63, 3.8) is 0 Å². The second-order valence-electron chi connectivity index (χ2n) is 6.72. The molecule has 4 heteroatoms. The van der Waals surface area contributed by atoms with E-state index >= 15 is 0 Å². The summed E-state index contributed by atoms with van der Waals surface area (Å²) in [6.07, 6.45) is 11.8. The maximum atomic E-state index is 5.94. The van der Waals surface area contributed by atoms with Crippen LogP contribution in [0.4, 0.5) is 0 Å². The van der Waals surface area contributed by atoms with Crippen LogP contribution in [0, 0.1) is 0 Å². The van der Waals surface area contributed by atoms with E-state index in [0.29, 0.717) is 0 Å². The quantitative estimate of drug-likeness (QED) is 0.324. The third kappa shape index (κ3) is 5.44. The molecule has 0 saturated heterocycles. The normalized spacial score (nSPS) is 11.4. The van der Waals surface area contributed by atoms with Crippen LogP contribution in [0.25, 0.3) is 35.7 Å². The molecule has 30 heavy (non-hydrogen) atoms. The van der Waals surface area contributed by atoms with Crippen molar-refractivity contribution in [3.8, 4) is 11.4 Å². The Labute approximate surface area is 186 Å². The van der Waals surface area contributed by atoms with Crippen molar-refractivity contribution < 1.29 is 0 Å². The minimum Gasteiger partial charge on any atom is -0.255 e. The van der Waals surface area contributed by atoms with Crippen molar-refractivity contribution in [3.05, 3.63) is 117 Å². The van der Waals surface area contributed by atoms with Crippen molar-refractivity contribution >= 4 is 47.5 Å². The zero-order valence-electron chi connectivity index (χ0n) is 16.0. The molecule has 0 bridgehead atoms. The molecule has 146 valence electrons. The molecule has 0 saturated carbocycles. The molecule has 4 rings (SSSR count). The van der Waals surface area contributed by atoms with Crippen LogP contribution in [0.1, 0.15) is 22.3 Å². The lowest BCUT2D eigenvalue weighted by atomic mass is 10.1. The standard InChI is InChI=1S/C26H18Cl2N2/c27-23-9-5-19(6-10-23)1-3-21-13-15-29-25(17-21)26-18-22(14-16-30-26)4-2-20-7-11-24(28)12-8-20/h1-18H/b3-1+,4-2+. The average molecular weight is 429 g/mol. The SMILES string of the molecule is Clc1ccc(/C=C/c2ccnc(-c3cc(/C=C/c4ccc(Cl)cc4)ccn3)c2)cc1. The molecule has 0 aliphatic carbocycles. The van der Waals surface area contributed by atoms with Gasteiger partial charge < -0.3 is 0 Å². The van der Waals surface area contributed by atoms with Crippen LogP contribution < -0.4 is 0 Å². The summed E-state index contributed by atoms with van der Waals surface area (Å²) in [4.78, 5) is 8.99. The van der Waals surface area contributed by atoms with Gasteiger partial charge in [0, 0.05) is 22.4 Å². The van der Waals surface area contributed by atoms with Gasteiger partial charge in [0.05, 0.1) is 11.4 Å². The van der Waals surface area contributed by atoms with E-state index in [1.807, 2.05) is 84.9 Å². The summed E-state index contributed by atoms with van der Waals surface area (Å²) in [5.41, 5.74) is 5.94. The van der Waals surface area contributed by atoms with E-state index in [4.69, 9.17) is 23.2 Å². The van der Waals surface area contributed by atoms with E-state index in [-0.39, 0.29) is 0 Å². The fourth-order valence-corrected chi connectivity index (χ4v) is 3.17. The summed E-state index contributed by atoms with van der Waals surface area (Å²) in [6.45, 7) is 0. The molecule has 0 spiro atoms. The predicted molar refractivity (Wildman–Crippen MR) is 128 cm³/mol. The summed E-state index contributed by atoms with van der Waals surface area (Å²) >= 11 is 11.9. The highest BCUT2D eigenvalue weighted by molar-refractivity contribution is 6.30. The van der Waals surface area contributed by atoms with Crippen molar-refractivity contribution in [1.29, 1.82) is 0 Å². The van der Waals surface area contributed by atoms with Gasteiger partial charge in [0.2, 0.25) is 0 Å². The van der Waals surface area contributed by atoms with Gasteiger partial charge in [0.15, 0.2) is 0 Å². The van der Waals surface area contributed by atoms with Gasteiger partial charge in [-0.15, -0.1) is 0 Å². The molecule has 0 radical (unpaired) electrons. The molecule has 2 aromatic carbocycles. The van der Waals surface area contributed by atoms with Crippen molar-refractivity contribution in [2.24, 2.45) is 0 Å². The topological polar surface area (TPSA) is 25.8 Å². The summed E-state index contributed by atoms with van der Waals surface area (Å²) in [5, 5.41) is 1.46. The Balaban J connectivity index is 1.54. The third-order valence-corrected chi connectivity index (χ3v) is 5.01. The Morgan fingerprint density at radius 2 is 0.833 bits per heavy atom. The largest absolute Gasteiger partial charge is 0.255 e. The molecule has 2 nitrogen and oxygen atoms in total. The minimum absolute atomic E-state index is 0.731. The Hall–Kier alpha value is -3.20. The molecule has 0 aliphatic rings. The van der Waals surface area contributed by atoms with E-state index in [1.165, 1.54) is 0 Å². The average Bonchev–Trinajstić information content (AvgIpc) is 2.79. The maximum absolute atomic E-state index is 5.94. The first kappa shape index (κ1) is 20.1. The van der Waals surface area contributed by atoms with Gasteiger partial charge in [0.25, 0.3) is 0 Å². The predicted octanol–water partition coefficient (Wildman–Crippen LogP) is 7.79. The van der Waals surface area contributed by atoms with Gasteiger partial charge in [-0.3, -0.25) is 9.97 Å². The van der Waals surface area contributed by atoms with Crippen molar-refractivity contribution in [2.75, 3.05) is 0 Å². The van der Waals surface area contributed by atoms with Gasteiger partial charge in [-0.05, 0) is 70.8 Å². The van der Waals surface area contributed by atoms with Crippen LogP contribution in [0.2, 0.25) is 10.0 Å². The third-order valence-electron chi connectivity index (χ3n) is 4.51. The minimum atomic E-state index is 0.731. The molecule has 0 atom stereocenters. The first-order chi connectivity index (χ1) is 14.7. The molecule has 0 amide bonds. The second kappa shape index (κ2) is 9.53. The number of nitrogens with zero attached hydrogens (tertiary/aromatic N) is 2. The second-order valence-corrected chi connectivity index (χ2v) is 7.59. The van der Waals surface area contributed by atoms with E-state index in [9.17, 15) is 0 Å². The summed E-state index contributed by atoms with van der Waals surface area (Å²) < 4.78 is 0. The Bertz CT molecular complexity index is 1100. The molecule has 0 N–H and O–H groups in total. The van der Waals surface area contributed by atoms with Gasteiger partial charge in [-0.25, -0.2) is 0 Å². The monoisotopic (exact) mass is 428 g/mol. The number of rotatable bonds is 5. The van der Waals surface area contributed by atoms with Crippen LogP contribution in [-0.4, -0.2) is 9.97 Å². The number of halogens is 2. The van der Waals surface area contributed by atoms with Crippen LogP contribution >= 0.6 is 23.2 Å². The lowest BCUT2D eigenvalue weighted by molar-refractivity contribution is 1.24. The molecule has 0 aliphatic heterocycles. The summed E-state index contributed by atoms with van der Waals surface area (Å²) in [6, 6.07) is 23.5. The number of aromatic nitrogens is 2. The number of benzene rings is 2. The fourth-order valence-electron chi connectivity index (χ4n) is 2.91. The van der Waals surface area contributed by atoms with E-state index in [1.54, 1.807) is 12.4 Å². The Kier molecular flexibility index (Phi) is 6.38. The fraction of sp³-hybridized carbons (Fsp3) is 0. The molecular formula is C26H18Cl2N2. The molecule has 2 heterocycles. The first-order valence-corrected chi connectivity index (χ1v) is 10.2. The highest BCUT2D eigenvalue weighted by Gasteiger charge is 2.02. The number of hydrogen-bond acceptors (Lipinski definition) is 2. The molecule has 0 fully saturated rings. The molecule has 4 aromatic rings. The van der Waals surface area contributed by atoms with Crippen molar-refractivity contribution in [2.45, 2.75) is 0 Å². The first-order valence-electron chi connectivity index (χ1n) is 9.45. The Morgan fingerprint density at radius 1 is 0.467 bits per heavy atom. The molecule has 2 aromatic heterocycles. The number of hydrogen-bond donors (Lipinski definition) is 0. The maximum Gasteiger partial charge on any atom is 0.0892 e. The highest BCUT2D eigenvalue weighted by Crippen LogP contribution is 2.20. The van der Waals surface area contributed by atoms with Gasteiger partial charge in [-0.1, -0.05) is 71.8 Å². The number of pyridine rings is 2. The highest BCUT2D eigenvalue weighted by atomic mass is 35.5. The van der Waals surface area contributed by atoms with Crippen molar-refractivity contribution in [1.82, 2.24) is 9.97 Å². The summed E-state index contributed by atoms with van der Waals surface area (Å²) in [7, 11) is 0. The van der Waals surface area contributed by atoms with E-state index in [0.717, 1.165) is 43.7 Å². The zero-order valence-corrected chi connectivity index (χ0v) is 17.6. The van der Waals surface area contributed by atoms with Gasteiger partial charge >= 0.3 is 0 Å². The molecular weight excluding hydrogens is 411 g/mol. The lowest BCUT2D eigenvalue weighted by Crippen LogP contribution is -1.88.